The van der Waals surface area contributed by atoms with E-state index in [1.807, 2.05) is 6.07 Å². The number of benzene rings is 2. The van der Waals surface area contributed by atoms with Crippen molar-refractivity contribution in [1.29, 1.82) is 5.26 Å². The topological polar surface area (TPSA) is 99.5 Å². The zero-order chi connectivity index (χ0) is 23.1. The summed E-state index contributed by atoms with van der Waals surface area (Å²) in [6.07, 6.45) is 1.99. The fourth-order valence-electron chi connectivity index (χ4n) is 3.86. The minimum absolute atomic E-state index is 0.129. The second kappa shape index (κ2) is 10.5. The standard InChI is InChI=1S/C24H24FN3O4/c1-32-24(31)22-18(5-4-6-19(22)25)17-10-8-16(9-11-17)15-27-23(30)20-7-2-3-14-28(20)21(29)12-13-26/h4-6,8-11,20H,2-3,7,12,14-15H2,1H3,(H,27,30). The first kappa shape index (κ1) is 22.9. The Morgan fingerprint density at radius 1 is 1.19 bits per heavy atom. The van der Waals surface area contributed by atoms with E-state index >= 15 is 0 Å². The van der Waals surface area contributed by atoms with E-state index in [9.17, 15) is 18.8 Å². The number of likely N-dealkylation sites (tertiary alicyclic amines) is 1. The highest BCUT2D eigenvalue weighted by Crippen LogP contribution is 2.27. The molecule has 1 aliphatic heterocycles. The Balaban J connectivity index is 1.69. The number of hydrogen-bond donors (Lipinski definition) is 1. The van der Waals surface area contributed by atoms with Gasteiger partial charge in [0.2, 0.25) is 11.8 Å². The molecule has 3 rings (SSSR count). The third kappa shape index (κ3) is 5.11. The number of esters is 1. The highest BCUT2D eigenvalue weighted by molar-refractivity contribution is 5.97. The minimum Gasteiger partial charge on any atom is -0.465 e. The summed E-state index contributed by atoms with van der Waals surface area (Å²) in [5.41, 5.74) is 1.74. The van der Waals surface area contributed by atoms with Crippen molar-refractivity contribution in [3.05, 3.63) is 59.4 Å². The Labute approximate surface area is 185 Å². The van der Waals surface area contributed by atoms with Crippen LogP contribution < -0.4 is 5.32 Å². The predicted octanol–water partition coefficient (Wildman–Crippen LogP) is 3.19. The summed E-state index contributed by atoms with van der Waals surface area (Å²) >= 11 is 0. The van der Waals surface area contributed by atoms with Crippen molar-refractivity contribution in [2.24, 2.45) is 0 Å². The molecule has 2 aromatic carbocycles. The highest BCUT2D eigenvalue weighted by Gasteiger charge is 2.31. The highest BCUT2D eigenvalue weighted by atomic mass is 19.1. The molecule has 1 N–H and O–H groups in total. The molecule has 1 aliphatic rings. The van der Waals surface area contributed by atoms with Crippen LogP contribution >= 0.6 is 0 Å². The number of amides is 2. The van der Waals surface area contributed by atoms with Gasteiger partial charge in [0.15, 0.2) is 0 Å². The lowest BCUT2D eigenvalue weighted by molar-refractivity contribution is -0.141. The van der Waals surface area contributed by atoms with Crippen molar-refractivity contribution in [2.45, 2.75) is 38.3 Å². The number of methoxy groups -OCH3 is 1. The third-order valence-corrected chi connectivity index (χ3v) is 5.49. The molecule has 0 aliphatic carbocycles. The van der Waals surface area contributed by atoms with Gasteiger partial charge in [-0.1, -0.05) is 36.4 Å². The van der Waals surface area contributed by atoms with Crippen LogP contribution in [0.1, 0.15) is 41.6 Å². The SMILES string of the molecule is COC(=O)c1c(F)cccc1-c1ccc(CNC(=O)C2CCCCN2C(=O)CC#N)cc1. The summed E-state index contributed by atoms with van der Waals surface area (Å²) in [7, 11) is 1.20. The van der Waals surface area contributed by atoms with Crippen molar-refractivity contribution < 1.29 is 23.5 Å². The lowest BCUT2D eigenvalue weighted by Crippen LogP contribution is -2.51. The van der Waals surface area contributed by atoms with Crippen LogP contribution in [0.25, 0.3) is 11.1 Å². The molecule has 1 fully saturated rings. The van der Waals surface area contributed by atoms with Gasteiger partial charge in [-0.2, -0.15) is 5.26 Å². The van der Waals surface area contributed by atoms with Gasteiger partial charge in [-0.25, -0.2) is 9.18 Å². The molecular weight excluding hydrogens is 413 g/mol. The second-order valence-corrected chi connectivity index (χ2v) is 7.50. The average Bonchev–Trinajstić information content (AvgIpc) is 2.82. The number of ether oxygens (including phenoxy) is 1. The third-order valence-electron chi connectivity index (χ3n) is 5.49. The van der Waals surface area contributed by atoms with Gasteiger partial charge < -0.3 is 15.0 Å². The Kier molecular flexibility index (Phi) is 7.55. The van der Waals surface area contributed by atoms with Gasteiger partial charge in [0, 0.05) is 13.1 Å². The van der Waals surface area contributed by atoms with E-state index in [0.29, 0.717) is 24.1 Å². The zero-order valence-corrected chi connectivity index (χ0v) is 17.8. The van der Waals surface area contributed by atoms with Crippen LogP contribution in [0.4, 0.5) is 4.39 Å². The van der Waals surface area contributed by atoms with Gasteiger partial charge in [0.1, 0.15) is 23.8 Å². The van der Waals surface area contributed by atoms with Crippen LogP contribution in [0.2, 0.25) is 0 Å². The van der Waals surface area contributed by atoms with Gasteiger partial charge in [0.05, 0.1) is 13.2 Å². The molecule has 1 heterocycles. The number of nitrogens with one attached hydrogen (secondary N) is 1. The fraction of sp³-hybridized carbons (Fsp3) is 0.333. The summed E-state index contributed by atoms with van der Waals surface area (Å²) in [6.45, 7) is 0.729. The van der Waals surface area contributed by atoms with Crippen LogP contribution in [-0.4, -0.2) is 42.4 Å². The number of piperidine rings is 1. The largest absolute Gasteiger partial charge is 0.465 e. The Morgan fingerprint density at radius 2 is 1.94 bits per heavy atom. The van der Waals surface area contributed by atoms with Gasteiger partial charge >= 0.3 is 5.97 Å². The maximum Gasteiger partial charge on any atom is 0.341 e. The predicted molar refractivity (Wildman–Crippen MR) is 115 cm³/mol. The monoisotopic (exact) mass is 437 g/mol. The molecule has 32 heavy (non-hydrogen) atoms. The number of nitriles is 1. The van der Waals surface area contributed by atoms with Crippen molar-refractivity contribution in [1.82, 2.24) is 10.2 Å². The maximum absolute atomic E-state index is 14.2. The summed E-state index contributed by atoms with van der Waals surface area (Å²) in [5, 5.41) is 11.6. The molecule has 0 aromatic heterocycles. The summed E-state index contributed by atoms with van der Waals surface area (Å²) in [5.74, 6) is -1.99. The first-order valence-corrected chi connectivity index (χ1v) is 10.4. The van der Waals surface area contributed by atoms with Crippen LogP contribution in [0.3, 0.4) is 0 Å². The van der Waals surface area contributed by atoms with Crippen molar-refractivity contribution in [2.75, 3.05) is 13.7 Å². The van der Waals surface area contributed by atoms with Gasteiger partial charge in [-0.05, 0) is 42.0 Å². The molecule has 0 spiro atoms. The van der Waals surface area contributed by atoms with Gasteiger partial charge in [0.25, 0.3) is 0 Å². The number of carbonyl (C=O) groups excluding carboxylic acids is 3. The Hall–Kier alpha value is -3.73. The summed E-state index contributed by atoms with van der Waals surface area (Å²) in [4.78, 5) is 38.3. The van der Waals surface area contributed by atoms with Crippen LogP contribution in [0.5, 0.6) is 0 Å². The molecule has 0 radical (unpaired) electrons. The smallest absolute Gasteiger partial charge is 0.341 e. The van der Waals surface area contributed by atoms with Crippen molar-refractivity contribution in [3.63, 3.8) is 0 Å². The van der Waals surface area contributed by atoms with E-state index in [1.54, 1.807) is 30.3 Å². The second-order valence-electron chi connectivity index (χ2n) is 7.50. The van der Waals surface area contributed by atoms with Crippen LogP contribution in [0.15, 0.2) is 42.5 Å². The maximum atomic E-state index is 14.2. The molecule has 1 unspecified atom stereocenters. The molecule has 8 heteroatoms. The molecule has 166 valence electrons. The van der Waals surface area contributed by atoms with Crippen LogP contribution in [0, 0.1) is 17.1 Å². The summed E-state index contributed by atoms with van der Waals surface area (Å²) < 4.78 is 18.9. The van der Waals surface area contributed by atoms with Gasteiger partial charge in [-0.3, -0.25) is 9.59 Å². The van der Waals surface area contributed by atoms with E-state index in [0.717, 1.165) is 18.4 Å². The molecule has 1 saturated heterocycles. The summed E-state index contributed by atoms with van der Waals surface area (Å²) in [6, 6.07) is 12.7. The molecule has 7 nitrogen and oxygen atoms in total. The number of nitrogens with zero attached hydrogens (tertiary/aromatic N) is 2. The minimum atomic E-state index is -0.752. The van der Waals surface area contributed by atoms with Crippen LogP contribution in [-0.2, 0) is 20.9 Å². The number of hydrogen-bond acceptors (Lipinski definition) is 5. The lowest BCUT2D eigenvalue weighted by atomic mass is 9.98. The Bertz CT molecular complexity index is 1050. The van der Waals surface area contributed by atoms with Crippen molar-refractivity contribution in [3.8, 4) is 17.2 Å². The van der Waals surface area contributed by atoms with E-state index in [-0.39, 0.29) is 30.3 Å². The number of rotatable bonds is 6. The molecule has 2 aromatic rings. The quantitative estimate of drug-likeness (QED) is 0.700. The molecular formula is C24H24FN3O4. The average molecular weight is 437 g/mol. The van der Waals surface area contributed by atoms with E-state index in [4.69, 9.17) is 10.00 Å². The lowest BCUT2D eigenvalue weighted by Gasteiger charge is -2.34. The molecule has 1 atom stereocenters. The number of carbonyl (C=O) groups is 3. The van der Waals surface area contributed by atoms with E-state index in [2.05, 4.69) is 5.32 Å². The zero-order valence-electron chi connectivity index (χ0n) is 17.8. The molecule has 2 amide bonds. The van der Waals surface area contributed by atoms with Crippen molar-refractivity contribution >= 4 is 17.8 Å². The first-order valence-electron chi connectivity index (χ1n) is 10.4. The van der Waals surface area contributed by atoms with E-state index in [1.165, 1.54) is 24.1 Å². The number of halogens is 1. The molecule has 0 saturated carbocycles. The fourth-order valence-corrected chi connectivity index (χ4v) is 3.86. The normalized spacial score (nSPS) is 15.5. The first-order chi connectivity index (χ1) is 15.5. The van der Waals surface area contributed by atoms with E-state index < -0.39 is 17.8 Å². The molecule has 0 bridgehead atoms. The Morgan fingerprint density at radius 3 is 2.62 bits per heavy atom. The van der Waals surface area contributed by atoms with Gasteiger partial charge in [-0.15, -0.1) is 0 Å².